The molecule has 0 aromatic heterocycles. The summed E-state index contributed by atoms with van der Waals surface area (Å²) >= 11 is 1.89. The molecule has 0 aliphatic heterocycles. The Hall–Kier alpha value is -0.470. The van der Waals surface area contributed by atoms with Crippen molar-refractivity contribution in [3.63, 3.8) is 0 Å². The third-order valence-corrected chi connectivity index (χ3v) is 4.25. The predicted molar refractivity (Wildman–Crippen MR) is 70.1 cm³/mol. The third-order valence-electron chi connectivity index (χ3n) is 3.36. The Bertz CT molecular complexity index is 312. The van der Waals surface area contributed by atoms with Gasteiger partial charge in [0, 0.05) is 4.90 Å². The minimum Gasteiger partial charge on any atom is -0.393 e. The van der Waals surface area contributed by atoms with Gasteiger partial charge in [-0.1, -0.05) is 19.1 Å². The molecule has 0 atom stereocenters. The fraction of sp³-hybridized carbons (Fsp3) is 0.571. The summed E-state index contributed by atoms with van der Waals surface area (Å²) in [7, 11) is 0. The topological polar surface area (TPSA) is 20.2 Å². The molecule has 1 aliphatic carbocycles. The summed E-state index contributed by atoms with van der Waals surface area (Å²) in [6.45, 7) is 2.18. The Kier molecular flexibility index (Phi) is 4.30. The van der Waals surface area contributed by atoms with Crippen molar-refractivity contribution in [2.45, 2.75) is 49.5 Å². The van der Waals surface area contributed by atoms with Crippen molar-refractivity contribution in [1.82, 2.24) is 0 Å². The lowest BCUT2D eigenvalue weighted by Crippen LogP contribution is -2.16. The van der Waals surface area contributed by atoms with Crippen LogP contribution in [0.3, 0.4) is 0 Å². The molecule has 1 fully saturated rings. The van der Waals surface area contributed by atoms with Crippen LogP contribution < -0.4 is 0 Å². The molecule has 0 bridgehead atoms. The first-order valence-corrected chi connectivity index (χ1v) is 7.19. The second-order valence-electron chi connectivity index (χ2n) is 4.51. The van der Waals surface area contributed by atoms with Crippen molar-refractivity contribution in [1.29, 1.82) is 0 Å². The van der Waals surface area contributed by atoms with E-state index in [2.05, 4.69) is 31.2 Å². The van der Waals surface area contributed by atoms with Crippen molar-refractivity contribution in [3.8, 4) is 0 Å². The first kappa shape index (κ1) is 12.0. The van der Waals surface area contributed by atoms with Gasteiger partial charge < -0.3 is 5.11 Å². The van der Waals surface area contributed by atoms with E-state index in [0.29, 0.717) is 5.92 Å². The normalized spacial score (nSPS) is 25.6. The van der Waals surface area contributed by atoms with Crippen molar-refractivity contribution >= 4 is 11.8 Å². The van der Waals surface area contributed by atoms with Crippen molar-refractivity contribution < 1.29 is 5.11 Å². The molecule has 0 radical (unpaired) electrons. The number of aliphatic hydroxyl groups excluding tert-OH is 1. The van der Waals surface area contributed by atoms with Crippen LogP contribution in [0.2, 0.25) is 0 Å². The van der Waals surface area contributed by atoms with Gasteiger partial charge in [-0.3, -0.25) is 0 Å². The van der Waals surface area contributed by atoms with Crippen molar-refractivity contribution in [3.05, 3.63) is 29.8 Å². The van der Waals surface area contributed by atoms with Gasteiger partial charge in [0.2, 0.25) is 0 Å². The van der Waals surface area contributed by atoms with Crippen molar-refractivity contribution in [2.75, 3.05) is 5.75 Å². The molecule has 2 heteroatoms. The van der Waals surface area contributed by atoms with E-state index in [9.17, 15) is 5.11 Å². The molecule has 1 N–H and O–H groups in total. The zero-order valence-corrected chi connectivity index (χ0v) is 10.7. The van der Waals surface area contributed by atoms with E-state index >= 15 is 0 Å². The Balaban J connectivity index is 1.98. The molecule has 0 amide bonds. The number of hydrogen-bond donors (Lipinski definition) is 1. The van der Waals surface area contributed by atoms with Gasteiger partial charge in [0.25, 0.3) is 0 Å². The van der Waals surface area contributed by atoms with Gasteiger partial charge in [0.1, 0.15) is 0 Å². The molecular formula is C14H20OS. The summed E-state index contributed by atoms with van der Waals surface area (Å²) in [5.41, 5.74) is 1.45. The fourth-order valence-electron chi connectivity index (χ4n) is 2.41. The van der Waals surface area contributed by atoms with Gasteiger partial charge in [-0.15, -0.1) is 11.8 Å². The maximum atomic E-state index is 9.48. The van der Waals surface area contributed by atoms with Crippen LogP contribution >= 0.6 is 11.8 Å². The van der Waals surface area contributed by atoms with Crippen LogP contribution in [0.5, 0.6) is 0 Å². The van der Waals surface area contributed by atoms with Gasteiger partial charge in [-0.25, -0.2) is 0 Å². The lowest BCUT2D eigenvalue weighted by Gasteiger charge is -2.25. The van der Waals surface area contributed by atoms with E-state index in [4.69, 9.17) is 0 Å². The maximum absolute atomic E-state index is 9.48. The highest BCUT2D eigenvalue weighted by Gasteiger charge is 2.20. The van der Waals surface area contributed by atoms with E-state index in [1.54, 1.807) is 0 Å². The van der Waals surface area contributed by atoms with E-state index < -0.39 is 0 Å². The number of benzene rings is 1. The minimum absolute atomic E-state index is 0.0498. The van der Waals surface area contributed by atoms with Crippen LogP contribution in [-0.2, 0) is 0 Å². The van der Waals surface area contributed by atoms with Gasteiger partial charge in [-0.2, -0.15) is 0 Å². The fourth-order valence-corrected chi connectivity index (χ4v) is 3.07. The van der Waals surface area contributed by atoms with Crippen LogP contribution in [0.25, 0.3) is 0 Å². The second kappa shape index (κ2) is 5.74. The Morgan fingerprint density at radius 2 is 1.75 bits per heavy atom. The van der Waals surface area contributed by atoms with Crippen molar-refractivity contribution in [2.24, 2.45) is 0 Å². The summed E-state index contributed by atoms with van der Waals surface area (Å²) in [5.74, 6) is 1.80. The molecule has 1 nitrogen and oxygen atoms in total. The van der Waals surface area contributed by atoms with Crippen LogP contribution in [0.15, 0.2) is 29.2 Å². The third kappa shape index (κ3) is 3.02. The molecule has 1 saturated carbocycles. The highest BCUT2D eigenvalue weighted by molar-refractivity contribution is 7.99. The number of hydrogen-bond acceptors (Lipinski definition) is 2. The summed E-state index contributed by atoms with van der Waals surface area (Å²) in [6, 6.07) is 8.99. The molecule has 88 valence electrons. The predicted octanol–water partition coefficient (Wildman–Crippen LogP) is 3.82. The van der Waals surface area contributed by atoms with Gasteiger partial charge in [0.05, 0.1) is 6.10 Å². The highest BCUT2D eigenvalue weighted by Crippen LogP contribution is 2.33. The molecular weight excluding hydrogens is 216 g/mol. The van der Waals surface area contributed by atoms with Gasteiger partial charge in [0.15, 0.2) is 0 Å². The largest absolute Gasteiger partial charge is 0.393 e. The average molecular weight is 236 g/mol. The van der Waals surface area contributed by atoms with Crippen LogP contribution in [0.1, 0.15) is 44.1 Å². The van der Waals surface area contributed by atoms with E-state index in [1.165, 1.54) is 10.5 Å². The average Bonchev–Trinajstić information content (AvgIpc) is 2.32. The highest BCUT2D eigenvalue weighted by atomic mass is 32.2. The molecule has 1 aromatic rings. The number of aliphatic hydroxyl groups is 1. The first-order chi connectivity index (χ1) is 7.79. The zero-order valence-electron chi connectivity index (χ0n) is 9.86. The standard InChI is InChI=1S/C14H20OS/c1-2-16-14-9-5-12(6-10-14)11-3-7-13(15)8-4-11/h5-6,9-11,13,15H,2-4,7-8H2,1H3. The minimum atomic E-state index is -0.0498. The zero-order chi connectivity index (χ0) is 11.4. The quantitative estimate of drug-likeness (QED) is 0.805. The maximum Gasteiger partial charge on any atom is 0.0540 e. The summed E-state index contributed by atoms with van der Waals surface area (Å²) < 4.78 is 0. The van der Waals surface area contributed by atoms with Gasteiger partial charge in [-0.05, 0) is 55.1 Å². The second-order valence-corrected chi connectivity index (χ2v) is 5.84. The van der Waals surface area contributed by atoms with Crippen LogP contribution in [0.4, 0.5) is 0 Å². The lowest BCUT2D eigenvalue weighted by molar-refractivity contribution is 0.122. The molecule has 0 heterocycles. The molecule has 0 unspecified atom stereocenters. The first-order valence-electron chi connectivity index (χ1n) is 6.20. The monoisotopic (exact) mass is 236 g/mol. The van der Waals surface area contributed by atoms with Gasteiger partial charge >= 0.3 is 0 Å². The Morgan fingerprint density at radius 1 is 1.12 bits per heavy atom. The molecule has 1 aromatic carbocycles. The summed E-state index contributed by atoms with van der Waals surface area (Å²) in [4.78, 5) is 1.36. The van der Waals surface area contributed by atoms with E-state index in [1.807, 2.05) is 11.8 Å². The molecule has 16 heavy (non-hydrogen) atoms. The summed E-state index contributed by atoms with van der Waals surface area (Å²) in [6.07, 6.45) is 4.17. The van der Waals surface area contributed by atoms with Crippen LogP contribution in [0, 0.1) is 0 Å². The van der Waals surface area contributed by atoms with Crippen LogP contribution in [-0.4, -0.2) is 17.0 Å². The lowest BCUT2D eigenvalue weighted by atomic mass is 9.83. The number of rotatable bonds is 3. The molecule has 0 saturated heterocycles. The Morgan fingerprint density at radius 3 is 2.31 bits per heavy atom. The summed E-state index contributed by atoms with van der Waals surface area (Å²) in [5, 5.41) is 9.48. The SMILES string of the molecule is CCSc1ccc(C2CCC(O)CC2)cc1. The molecule has 2 rings (SSSR count). The van der Waals surface area contributed by atoms with E-state index in [0.717, 1.165) is 31.4 Å². The molecule has 0 spiro atoms. The smallest absolute Gasteiger partial charge is 0.0540 e. The van der Waals surface area contributed by atoms with E-state index in [-0.39, 0.29) is 6.10 Å². The Labute approximate surface area is 102 Å². The number of thioether (sulfide) groups is 1. The molecule has 1 aliphatic rings.